The second-order valence-corrected chi connectivity index (χ2v) is 12.0. The zero-order valence-electron chi connectivity index (χ0n) is 22.2. The van der Waals surface area contributed by atoms with Crippen molar-refractivity contribution < 1.29 is 27.9 Å². The predicted molar refractivity (Wildman–Crippen MR) is 142 cm³/mol. The Morgan fingerprint density at radius 1 is 1.05 bits per heavy atom. The summed E-state index contributed by atoms with van der Waals surface area (Å²) in [5, 5.41) is 11.0. The zero-order chi connectivity index (χ0) is 28.2. The Bertz CT molecular complexity index is 1260. The Kier molecular flexibility index (Phi) is 7.25. The lowest BCUT2D eigenvalue weighted by molar-refractivity contribution is -0.258. The van der Waals surface area contributed by atoms with Gasteiger partial charge in [0.25, 0.3) is 0 Å². The Hall–Kier alpha value is -2.58. The van der Waals surface area contributed by atoms with Crippen LogP contribution in [-0.4, -0.2) is 58.6 Å². The Balaban J connectivity index is 1.49. The first kappa shape index (κ1) is 28.0. The minimum atomic E-state index is -4.80. The highest BCUT2D eigenvalue weighted by molar-refractivity contribution is 6.30. The van der Waals surface area contributed by atoms with Gasteiger partial charge in [-0.05, 0) is 79.8 Å². The zero-order valence-corrected chi connectivity index (χ0v) is 23.0. The summed E-state index contributed by atoms with van der Waals surface area (Å²) < 4.78 is 40.9. The third-order valence-electron chi connectivity index (χ3n) is 9.26. The number of halogens is 4. The number of carbonyl (C=O) groups excluding carboxylic acids is 2. The molecule has 2 fully saturated rings. The second kappa shape index (κ2) is 10.1. The van der Waals surface area contributed by atoms with Crippen LogP contribution in [-0.2, 0) is 33.4 Å². The van der Waals surface area contributed by atoms with Crippen LogP contribution in [0.1, 0.15) is 61.8 Å². The molecular formula is C30H34ClF3N2O3. The van der Waals surface area contributed by atoms with Crippen LogP contribution in [0.2, 0.25) is 5.02 Å². The molecule has 2 saturated heterocycles. The van der Waals surface area contributed by atoms with E-state index in [2.05, 4.69) is 0 Å². The first-order valence-electron chi connectivity index (χ1n) is 13.6. The molecule has 5 nitrogen and oxygen atoms in total. The number of likely N-dealkylation sites (tertiary alicyclic amines) is 2. The molecule has 39 heavy (non-hydrogen) atoms. The summed E-state index contributed by atoms with van der Waals surface area (Å²) in [7, 11) is 0. The fourth-order valence-electron chi connectivity index (χ4n) is 6.94. The van der Waals surface area contributed by atoms with Gasteiger partial charge in [-0.2, -0.15) is 13.2 Å². The highest BCUT2D eigenvalue weighted by atomic mass is 35.5. The molecule has 2 aliphatic heterocycles. The highest BCUT2D eigenvalue weighted by Crippen LogP contribution is 2.51. The maximum absolute atomic E-state index is 13.8. The molecule has 3 atom stereocenters. The van der Waals surface area contributed by atoms with Gasteiger partial charge in [0.15, 0.2) is 5.60 Å². The number of aryl methyl sites for hydroxylation is 1. The van der Waals surface area contributed by atoms with E-state index in [4.69, 9.17) is 11.6 Å². The van der Waals surface area contributed by atoms with Crippen molar-refractivity contribution in [2.24, 2.45) is 5.92 Å². The number of fused-ring (bicyclic) bond motifs is 3. The number of amides is 2. The van der Waals surface area contributed by atoms with E-state index in [0.717, 1.165) is 23.6 Å². The van der Waals surface area contributed by atoms with Gasteiger partial charge in [0.2, 0.25) is 11.8 Å². The summed E-state index contributed by atoms with van der Waals surface area (Å²) in [5.41, 5.74) is -0.776. The third kappa shape index (κ3) is 4.95. The highest BCUT2D eigenvalue weighted by Gasteiger charge is 2.55. The van der Waals surface area contributed by atoms with E-state index in [9.17, 15) is 27.9 Å². The smallest absolute Gasteiger partial charge is 0.376 e. The van der Waals surface area contributed by atoms with Gasteiger partial charge in [-0.3, -0.25) is 9.59 Å². The van der Waals surface area contributed by atoms with E-state index in [1.165, 1.54) is 12.1 Å². The minimum absolute atomic E-state index is 0.0248. The van der Waals surface area contributed by atoms with Gasteiger partial charge in [-0.25, -0.2) is 0 Å². The maximum Gasteiger partial charge on any atom is 0.421 e. The Labute approximate surface area is 231 Å². The van der Waals surface area contributed by atoms with Crippen molar-refractivity contribution in [3.63, 3.8) is 0 Å². The molecule has 2 aromatic carbocycles. The van der Waals surface area contributed by atoms with Crippen LogP contribution in [0, 0.1) is 5.92 Å². The van der Waals surface area contributed by atoms with Crippen molar-refractivity contribution in [1.29, 1.82) is 0 Å². The van der Waals surface area contributed by atoms with Gasteiger partial charge in [0.05, 0.1) is 0 Å². The van der Waals surface area contributed by atoms with E-state index in [0.29, 0.717) is 63.2 Å². The number of hydrogen-bond acceptors (Lipinski definition) is 3. The average Bonchev–Trinajstić information content (AvgIpc) is 3.28. The van der Waals surface area contributed by atoms with Gasteiger partial charge >= 0.3 is 6.18 Å². The predicted octanol–water partition coefficient (Wildman–Crippen LogP) is 5.40. The van der Waals surface area contributed by atoms with Crippen molar-refractivity contribution >= 4 is 23.4 Å². The standard InChI is InChI=1S/C30H34ClF3N2O3/c1-19(37)35-14-11-21(12-15-35)27(38)36-16-13-29(18-20-3-7-24(31)8-4-20)25-9-6-23(28(2,39)30(32,33)34)17-22(25)5-10-26(29)36/h3-4,6-9,17,21,26,39H,5,10-16,18H2,1-2H3. The quantitative estimate of drug-likeness (QED) is 0.543. The number of piperidine rings is 1. The Morgan fingerprint density at radius 3 is 2.33 bits per heavy atom. The number of hydrogen-bond donors (Lipinski definition) is 1. The molecular weight excluding hydrogens is 529 g/mol. The molecule has 5 rings (SSSR count). The lowest BCUT2D eigenvalue weighted by Gasteiger charge is -2.45. The molecule has 2 heterocycles. The molecule has 0 bridgehead atoms. The molecule has 9 heteroatoms. The van der Waals surface area contributed by atoms with Gasteiger partial charge in [0.1, 0.15) is 0 Å². The third-order valence-corrected chi connectivity index (χ3v) is 9.51. The van der Waals surface area contributed by atoms with Crippen molar-refractivity contribution in [3.05, 3.63) is 69.7 Å². The first-order chi connectivity index (χ1) is 18.3. The summed E-state index contributed by atoms with van der Waals surface area (Å²) in [4.78, 5) is 29.4. The number of carbonyl (C=O) groups is 2. The van der Waals surface area contributed by atoms with Crippen LogP contribution in [0.25, 0.3) is 0 Å². The van der Waals surface area contributed by atoms with E-state index in [1.807, 2.05) is 29.2 Å². The lowest BCUT2D eigenvalue weighted by Crippen LogP contribution is -2.51. The largest absolute Gasteiger partial charge is 0.421 e. The van der Waals surface area contributed by atoms with Crippen molar-refractivity contribution in [3.8, 4) is 0 Å². The van der Waals surface area contributed by atoms with Crippen LogP contribution in [0.5, 0.6) is 0 Å². The first-order valence-corrected chi connectivity index (χ1v) is 13.9. The molecule has 2 aromatic rings. The number of nitrogens with zero attached hydrogens (tertiary/aromatic N) is 2. The molecule has 0 saturated carbocycles. The van der Waals surface area contributed by atoms with Gasteiger partial charge < -0.3 is 14.9 Å². The molecule has 1 N–H and O–H groups in total. The van der Waals surface area contributed by atoms with Crippen molar-refractivity contribution in [1.82, 2.24) is 9.80 Å². The Morgan fingerprint density at radius 2 is 1.72 bits per heavy atom. The van der Waals surface area contributed by atoms with E-state index < -0.39 is 17.2 Å². The van der Waals surface area contributed by atoms with Crippen molar-refractivity contribution in [2.75, 3.05) is 19.6 Å². The molecule has 2 amide bonds. The van der Waals surface area contributed by atoms with E-state index >= 15 is 0 Å². The normalized spacial score (nSPS) is 25.2. The summed E-state index contributed by atoms with van der Waals surface area (Å²) >= 11 is 6.13. The number of rotatable bonds is 4. The summed E-state index contributed by atoms with van der Waals surface area (Å²) in [5.74, 6) is -0.00402. The average molecular weight is 563 g/mol. The molecule has 3 aliphatic rings. The number of aliphatic hydroxyl groups is 1. The maximum atomic E-state index is 13.8. The molecule has 210 valence electrons. The summed E-state index contributed by atoms with van der Waals surface area (Å²) in [6.07, 6.45) is -1.04. The second-order valence-electron chi connectivity index (χ2n) is 11.5. The molecule has 0 aromatic heterocycles. The van der Waals surface area contributed by atoms with Gasteiger partial charge in [-0.15, -0.1) is 0 Å². The topological polar surface area (TPSA) is 60.9 Å². The van der Waals surface area contributed by atoms with E-state index in [1.54, 1.807) is 17.9 Å². The molecule has 3 unspecified atom stereocenters. The van der Waals surface area contributed by atoms with Crippen LogP contribution in [0.3, 0.4) is 0 Å². The molecule has 1 aliphatic carbocycles. The fraction of sp³-hybridized carbons (Fsp3) is 0.533. The SMILES string of the molecule is CC(=O)N1CCC(C(=O)N2CCC3(Cc4ccc(Cl)cc4)c4ccc(C(C)(O)C(F)(F)F)cc4CCC23)CC1. The fourth-order valence-corrected chi connectivity index (χ4v) is 7.07. The molecule has 0 radical (unpaired) electrons. The number of alkyl halides is 3. The summed E-state index contributed by atoms with van der Waals surface area (Å²) in [6, 6.07) is 12.1. The minimum Gasteiger partial charge on any atom is -0.376 e. The summed E-state index contributed by atoms with van der Waals surface area (Å²) in [6.45, 7) is 4.06. The van der Waals surface area contributed by atoms with E-state index in [-0.39, 0.29) is 29.3 Å². The van der Waals surface area contributed by atoms with Gasteiger partial charge in [-0.1, -0.05) is 41.9 Å². The lowest BCUT2D eigenvalue weighted by atomic mass is 9.63. The number of benzene rings is 2. The van der Waals surface area contributed by atoms with Gasteiger partial charge in [0, 0.05) is 49.0 Å². The van der Waals surface area contributed by atoms with Crippen LogP contribution in [0.4, 0.5) is 13.2 Å². The molecule has 0 spiro atoms. The monoisotopic (exact) mass is 562 g/mol. The van der Waals surface area contributed by atoms with Crippen LogP contribution < -0.4 is 0 Å². The van der Waals surface area contributed by atoms with Crippen LogP contribution >= 0.6 is 11.6 Å². The van der Waals surface area contributed by atoms with Crippen molar-refractivity contribution in [2.45, 2.75) is 75.6 Å². The van der Waals surface area contributed by atoms with Crippen LogP contribution in [0.15, 0.2) is 42.5 Å².